The average Bonchev–Trinajstić information content (AvgIpc) is 2.41. The molecule has 2 aromatic heterocycles. The Kier molecular flexibility index (Phi) is 5.63. The number of pyridine rings is 2. The van der Waals surface area contributed by atoms with E-state index < -0.39 is 0 Å². The van der Waals surface area contributed by atoms with Gasteiger partial charge in [0.05, 0.1) is 17.9 Å². The molecule has 0 radical (unpaired) electrons. The van der Waals surface area contributed by atoms with Crippen LogP contribution in [-0.4, -0.2) is 16.5 Å². The van der Waals surface area contributed by atoms with Crippen molar-refractivity contribution < 1.29 is 4.39 Å². The fraction of sp³-hybridized carbons (Fsp3) is 0.286. The highest BCUT2D eigenvalue weighted by molar-refractivity contribution is 9.11. The Hall–Kier alpha value is -0.850. The lowest BCUT2D eigenvalue weighted by molar-refractivity contribution is 0.570. The first-order chi connectivity index (χ1) is 9.61. The Morgan fingerprint density at radius 3 is 2.70 bits per heavy atom. The normalized spacial score (nSPS) is 12.4. The van der Waals surface area contributed by atoms with Crippen molar-refractivity contribution in [3.8, 4) is 0 Å². The smallest absolute Gasteiger partial charge is 0.141 e. The Morgan fingerprint density at radius 1 is 1.25 bits per heavy atom. The van der Waals surface area contributed by atoms with E-state index in [4.69, 9.17) is 0 Å². The highest BCUT2D eigenvalue weighted by Gasteiger charge is 2.18. The van der Waals surface area contributed by atoms with Crippen molar-refractivity contribution in [3.05, 3.63) is 56.7 Å². The highest BCUT2D eigenvalue weighted by Crippen LogP contribution is 2.28. The zero-order valence-corrected chi connectivity index (χ0v) is 14.1. The highest BCUT2D eigenvalue weighted by atomic mass is 79.9. The van der Waals surface area contributed by atoms with Crippen molar-refractivity contribution in [2.45, 2.75) is 19.4 Å². The molecule has 0 spiro atoms. The van der Waals surface area contributed by atoms with Gasteiger partial charge in [-0.05, 0) is 62.5 Å². The monoisotopic (exact) mass is 401 g/mol. The Bertz CT molecular complexity index is 592. The summed E-state index contributed by atoms with van der Waals surface area (Å²) in [6, 6.07) is 3.22. The van der Waals surface area contributed by atoms with Crippen LogP contribution in [0.15, 0.2) is 39.7 Å². The molecule has 1 unspecified atom stereocenters. The number of halogens is 3. The van der Waals surface area contributed by atoms with Crippen LogP contribution in [0.2, 0.25) is 0 Å². The number of nitrogens with zero attached hydrogens (tertiary/aromatic N) is 2. The summed E-state index contributed by atoms with van der Waals surface area (Å²) in [6.45, 7) is 2.89. The van der Waals surface area contributed by atoms with Crippen molar-refractivity contribution in [1.29, 1.82) is 0 Å². The molecule has 1 N–H and O–H groups in total. The molecule has 0 aliphatic heterocycles. The first-order valence-corrected chi connectivity index (χ1v) is 7.85. The van der Waals surface area contributed by atoms with Gasteiger partial charge in [-0.1, -0.05) is 6.92 Å². The second kappa shape index (κ2) is 7.24. The second-order valence-corrected chi connectivity index (χ2v) is 6.11. The van der Waals surface area contributed by atoms with Crippen molar-refractivity contribution in [2.24, 2.45) is 0 Å². The zero-order chi connectivity index (χ0) is 14.5. The summed E-state index contributed by atoms with van der Waals surface area (Å²) in [5.41, 5.74) is 1.57. The lowest BCUT2D eigenvalue weighted by atomic mass is 10.0. The molecule has 0 aliphatic carbocycles. The van der Waals surface area contributed by atoms with Crippen molar-refractivity contribution in [3.63, 3.8) is 0 Å². The maximum absolute atomic E-state index is 13.4. The van der Waals surface area contributed by atoms with Gasteiger partial charge in [-0.3, -0.25) is 9.97 Å². The minimum atomic E-state index is -0.348. The van der Waals surface area contributed by atoms with Crippen molar-refractivity contribution in [1.82, 2.24) is 15.3 Å². The molecular formula is C14H14Br2FN3. The van der Waals surface area contributed by atoms with Crippen LogP contribution >= 0.6 is 31.9 Å². The van der Waals surface area contributed by atoms with Gasteiger partial charge in [0.15, 0.2) is 0 Å². The van der Waals surface area contributed by atoms with E-state index in [1.807, 2.05) is 6.07 Å². The fourth-order valence-electron chi connectivity index (χ4n) is 1.88. The molecule has 0 fully saturated rings. The van der Waals surface area contributed by atoms with E-state index in [0.717, 1.165) is 33.2 Å². The maximum atomic E-state index is 13.4. The first-order valence-electron chi connectivity index (χ1n) is 6.26. The van der Waals surface area contributed by atoms with Crippen LogP contribution in [0, 0.1) is 5.82 Å². The van der Waals surface area contributed by atoms with Gasteiger partial charge >= 0.3 is 0 Å². The van der Waals surface area contributed by atoms with Crippen LogP contribution in [0.25, 0.3) is 0 Å². The molecule has 2 heterocycles. The van der Waals surface area contributed by atoms with Crippen LogP contribution in [0.5, 0.6) is 0 Å². The van der Waals surface area contributed by atoms with Gasteiger partial charge < -0.3 is 5.32 Å². The van der Waals surface area contributed by atoms with Crippen molar-refractivity contribution >= 4 is 31.9 Å². The lowest BCUT2D eigenvalue weighted by Crippen LogP contribution is -2.24. The Morgan fingerprint density at radius 2 is 2.05 bits per heavy atom. The van der Waals surface area contributed by atoms with Crippen LogP contribution in [0.1, 0.15) is 30.6 Å². The van der Waals surface area contributed by atoms with E-state index in [0.29, 0.717) is 0 Å². The van der Waals surface area contributed by atoms with Crippen LogP contribution in [0.3, 0.4) is 0 Å². The Balaban J connectivity index is 2.41. The molecule has 2 aromatic rings. The number of hydrogen-bond donors (Lipinski definition) is 1. The first kappa shape index (κ1) is 15.5. The third-order valence-electron chi connectivity index (χ3n) is 2.77. The molecule has 0 bridgehead atoms. The molecule has 20 heavy (non-hydrogen) atoms. The van der Waals surface area contributed by atoms with Gasteiger partial charge in [-0.15, -0.1) is 0 Å². The minimum Gasteiger partial charge on any atom is -0.305 e. The number of nitrogens with one attached hydrogen (secondary N) is 1. The lowest BCUT2D eigenvalue weighted by Gasteiger charge is -2.19. The molecule has 1 atom stereocenters. The largest absolute Gasteiger partial charge is 0.305 e. The molecule has 0 saturated carbocycles. The quantitative estimate of drug-likeness (QED) is 0.813. The number of hydrogen-bond acceptors (Lipinski definition) is 3. The van der Waals surface area contributed by atoms with E-state index in [1.165, 1.54) is 12.3 Å². The summed E-state index contributed by atoms with van der Waals surface area (Å²) in [6.07, 6.45) is 5.57. The molecule has 0 aromatic carbocycles. The van der Waals surface area contributed by atoms with Gasteiger partial charge in [0.1, 0.15) is 5.82 Å². The van der Waals surface area contributed by atoms with Crippen LogP contribution in [0.4, 0.5) is 4.39 Å². The SMILES string of the molecule is CCCNC(c1cncc(F)c1)c1ncc(Br)cc1Br. The minimum absolute atomic E-state index is 0.194. The zero-order valence-electron chi connectivity index (χ0n) is 10.9. The van der Waals surface area contributed by atoms with E-state index in [2.05, 4.69) is 54.1 Å². The summed E-state index contributed by atoms with van der Waals surface area (Å²) >= 11 is 6.89. The van der Waals surface area contributed by atoms with Gasteiger partial charge in [0, 0.05) is 21.3 Å². The molecule has 6 heteroatoms. The van der Waals surface area contributed by atoms with Gasteiger partial charge in [-0.25, -0.2) is 4.39 Å². The van der Waals surface area contributed by atoms with E-state index in [1.54, 1.807) is 12.4 Å². The number of rotatable bonds is 5. The second-order valence-electron chi connectivity index (χ2n) is 4.34. The standard InChI is InChI=1S/C14H14Br2FN3/c1-2-3-19-13(9-4-11(17)8-18-6-9)14-12(16)5-10(15)7-20-14/h4-8,13,19H,2-3H2,1H3. The molecule has 0 aliphatic rings. The molecule has 2 rings (SSSR count). The van der Waals surface area contributed by atoms with Crippen LogP contribution in [-0.2, 0) is 0 Å². The summed E-state index contributed by atoms with van der Waals surface area (Å²) in [5, 5.41) is 3.38. The van der Waals surface area contributed by atoms with Gasteiger partial charge in [-0.2, -0.15) is 0 Å². The molecule has 0 amide bonds. The van der Waals surface area contributed by atoms with Crippen LogP contribution < -0.4 is 5.32 Å². The summed E-state index contributed by atoms with van der Waals surface area (Å²) in [7, 11) is 0. The number of aromatic nitrogens is 2. The van der Waals surface area contributed by atoms with E-state index in [-0.39, 0.29) is 11.9 Å². The van der Waals surface area contributed by atoms with E-state index in [9.17, 15) is 4.39 Å². The molecule has 3 nitrogen and oxygen atoms in total. The fourth-order valence-corrected chi connectivity index (χ4v) is 3.10. The summed E-state index contributed by atoms with van der Waals surface area (Å²) < 4.78 is 15.2. The third kappa shape index (κ3) is 3.84. The Labute approximate surface area is 134 Å². The summed E-state index contributed by atoms with van der Waals surface area (Å²) in [4.78, 5) is 8.35. The van der Waals surface area contributed by atoms with E-state index >= 15 is 0 Å². The third-order valence-corrected chi connectivity index (χ3v) is 3.84. The maximum Gasteiger partial charge on any atom is 0.141 e. The average molecular weight is 403 g/mol. The van der Waals surface area contributed by atoms with Gasteiger partial charge in [0.2, 0.25) is 0 Å². The molecule has 106 valence electrons. The molecular weight excluding hydrogens is 389 g/mol. The predicted molar refractivity (Wildman–Crippen MR) is 84.0 cm³/mol. The topological polar surface area (TPSA) is 37.8 Å². The van der Waals surface area contributed by atoms with Gasteiger partial charge in [0.25, 0.3) is 0 Å². The summed E-state index contributed by atoms with van der Waals surface area (Å²) in [5.74, 6) is -0.348. The molecule has 0 saturated heterocycles. The predicted octanol–water partition coefficient (Wildman–Crippen LogP) is 4.23. The van der Waals surface area contributed by atoms with Crippen molar-refractivity contribution in [2.75, 3.05) is 6.54 Å².